The van der Waals surface area contributed by atoms with Gasteiger partial charge in [0.15, 0.2) is 5.82 Å². The highest BCUT2D eigenvalue weighted by atomic mass is 16.5. The van der Waals surface area contributed by atoms with Crippen LogP contribution in [0.2, 0.25) is 0 Å². The van der Waals surface area contributed by atoms with Gasteiger partial charge in [0.05, 0.1) is 5.92 Å². The van der Waals surface area contributed by atoms with Crippen molar-refractivity contribution in [3.05, 3.63) is 11.7 Å². The third-order valence-corrected chi connectivity index (χ3v) is 3.89. The van der Waals surface area contributed by atoms with E-state index >= 15 is 0 Å². The largest absolute Gasteiger partial charge is 0.481 e. The molecule has 7 nitrogen and oxygen atoms in total. The number of aryl methyl sites for hydroxylation is 2. The maximum absolute atomic E-state index is 12.1. The Morgan fingerprint density at radius 1 is 1.41 bits per heavy atom. The van der Waals surface area contributed by atoms with E-state index < -0.39 is 11.9 Å². The number of aromatic nitrogens is 2. The van der Waals surface area contributed by atoms with Crippen LogP contribution in [0.1, 0.15) is 50.7 Å². The molecule has 1 atom stereocenters. The highest BCUT2D eigenvalue weighted by Crippen LogP contribution is 2.18. The fraction of sp³-hybridized carbons (Fsp3) is 0.733. The molecule has 22 heavy (non-hydrogen) atoms. The van der Waals surface area contributed by atoms with Gasteiger partial charge in [-0.25, -0.2) is 0 Å². The van der Waals surface area contributed by atoms with Gasteiger partial charge < -0.3 is 14.5 Å². The number of amides is 1. The summed E-state index contributed by atoms with van der Waals surface area (Å²) < 4.78 is 5.13. The number of nitrogens with zero attached hydrogens (tertiary/aromatic N) is 3. The molecule has 1 fully saturated rings. The van der Waals surface area contributed by atoms with Crippen molar-refractivity contribution in [1.82, 2.24) is 15.0 Å². The third-order valence-electron chi connectivity index (χ3n) is 3.89. The van der Waals surface area contributed by atoms with E-state index in [1.807, 2.05) is 0 Å². The van der Waals surface area contributed by atoms with Crippen LogP contribution in [0.3, 0.4) is 0 Å². The Hall–Kier alpha value is -1.92. The molecule has 7 heteroatoms. The highest BCUT2D eigenvalue weighted by Gasteiger charge is 2.27. The first-order valence-electron chi connectivity index (χ1n) is 7.92. The SMILES string of the molecule is CCCc1noc(CCCC(=O)N2CCC[C@H](C(=O)O)C2)n1. The first-order valence-corrected chi connectivity index (χ1v) is 7.92. The number of rotatable bonds is 7. The van der Waals surface area contributed by atoms with Crippen molar-refractivity contribution >= 4 is 11.9 Å². The maximum Gasteiger partial charge on any atom is 0.308 e. The number of carboxylic acid groups (broad SMARTS) is 1. The average molecular weight is 309 g/mol. The third kappa shape index (κ3) is 4.54. The monoisotopic (exact) mass is 309 g/mol. The number of carbonyl (C=O) groups excluding carboxylic acids is 1. The van der Waals surface area contributed by atoms with E-state index in [2.05, 4.69) is 17.1 Å². The number of carboxylic acids is 1. The van der Waals surface area contributed by atoms with Crippen LogP contribution in [-0.4, -0.2) is 45.1 Å². The maximum atomic E-state index is 12.1. The summed E-state index contributed by atoms with van der Waals surface area (Å²) >= 11 is 0. The molecule has 1 saturated heterocycles. The summed E-state index contributed by atoms with van der Waals surface area (Å²) in [6, 6.07) is 0. The molecule has 2 rings (SSSR count). The predicted octanol–water partition coefficient (Wildman–Crippen LogP) is 1.67. The smallest absolute Gasteiger partial charge is 0.308 e. The molecule has 0 spiro atoms. The van der Waals surface area contributed by atoms with Crippen LogP contribution in [0, 0.1) is 5.92 Å². The second-order valence-corrected chi connectivity index (χ2v) is 5.73. The van der Waals surface area contributed by atoms with E-state index in [0.29, 0.717) is 50.5 Å². The molecule has 0 aromatic carbocycles. The summed E-state index contributed by atoms with van der Waals surface area (Å²) in [5, 5.41) is 12.9. The van der Waals surface area contributed by atoms with E-state index in [1.54, 1.807) is 4.90 Å². The van der Waals surface area contributed by atoms with Crippen molar-refractivity contribution in [3.8, 4) is 0 Å². The zero-order valence-electron chi connectivity index (χ0n) is 13.0. The number of aliphatic carboxylic acids is 1. The van der Waals surface area contributed by atoms with Crippen LogP contribution in [-0.2, 0) is 22.4 Å². The molecule has 1 aromatic heterocycles. The zero-order chi connectivity index (χ0) is 15.9. The number of carbonyl (C=O) groups is 2. The Labute approximate surface area is 129 Å². The first kappa shape index (κ1) is 16.5. The quantitative estimate of drug-likeness (QED) is 0.823. The summed E-state index contributed by atoms with van der Waals surface area (Å²) in [5.74, 6) is 0.0544. The summed E-state index contributed by atoms with van der Waals surface area (Å²) in [6.07, 6.45) is 4.79. The summed E-state index contributed by atoms with van der Waals surface area (Å²) in [7, 11) is 0. The summed E-state index contributed by atoms with van der Waals surface area (Å²) in [4.78, 5) is 29.1. The van der Waals surface area contributed by atoms with Crippen LogP contribution in [0.5, 0.6) is 0 Å². The van der Waals surface area contributed by atoms with Gasteiger partial charge in [-0.3, -0.25) is 9.59 Å². The molecular formula is C15H23N3O4. The van der Waals surface area contributed by atoms with Gasteiger partial charge in [-0.2, -0.15) is 4.98 Å². The van der Waals surface area contributed by atoms with Crippen molar-refractivity contribution in [2.24, 2.45) is 5.92 Å². The molecule has 1 N–H and O–H groups in total. The van der Waals surface area contributed by atoms with Crippen molar-refractivity contribution in [1.29, 1.82) is 0 Å². The molecule has 0 bridgehead atoms. The highest BCUT2D eigenvalue weighted by molar-refractivity contribution is 5.78. The van der Waals surface area contributed by atoms with E-state index in [0.717, 1.165) is 19.3 Å². The number of piperidine rings is 1. The normalized spacial score (nSPS) is 18.4. The molecule has 0 unspecified atom stereocenters. The van der Waals surface area contributed by atoms with Gasteiger partial charge in [0.25, 0.3) is 0 Å². The Kier molecular flexibility index (Phi) is 5.91. The van der Waals surface area contributed by atoms with Crippen LogP contribution >= 0.6 is 0 Å². The van der Waals surface area contributed by atoms with Gasteiger partial charge in [-0.1, -0.05) is 12.1 Å². The van der Waals surface area contributed by atoms with Crippen LogP contribution < -0.4 is 0 Å². The Balaban J connectivity index is 1.73. The summed E-state index contributed by atoms with van der Waals surface area (Å²) in [5.41, 5.74) is 0. The molecule has 1 aliphatic rings. The van der Waals surface area contributed by atoms with Crippen molar-refractivity contribution in [2.75, 3.05) is 13.1 Å². The van der Waals surface area contributed by atoms with E-state index in [9.17, 15) is 9.59 Å². The standard InChI is InChI=1S/C15H23N3O4/c1-2-5-12-16-13(22-17-12)7-3-8-14(19)18-9-4-6-11(10-18)15(20)21/h11H,2-10H2,1H3,(H,20,21)/t11-/m0/s1. The lowest BCUT2D eigenvalue weighted by molar-refractivity contribution is -0.145. The molecule has 0 radical (unpaired) electrons. The topological polar surface area (TPSA) is 96.5 Å². The lowest BCUT2D eigenvalue weighted by atomic mass is 9.98. The zero-order valence-corrected chi connectivity index (χ0v) is 13.0. The first-order chi connectivity index (χ1) is 10.6. The summed E-state index contributed by atoms with van der Waals surface area (Å²) in [6.45, 7) is 3.04. The Morgan fingerprint density at radius 3 is 2.95 bits per heavy atom. The van der Waals surface area contributed by atoms with Crippen molar-refractivity contribution in [2.45, 2.75) is 51.9 Å². The van der Waals surface area contributed by atoms with E-state index in [4.69, 9.17) is 9.63 Å². The minimum Gasteiger partial charge on any atom is -0.481 e. The van der Waals surface area contributed by atoms with Gasteiger partial charge in [-0.15, -0.1) is 0 Å². The lowest BCUT2D eigenvalue weighted by Crippen LogP contribution is -2.42. The van der Waals surface area contributed by atoms with Crippen molar-refractivity contribution in [3.63, 3.8) is 0 Å². The van der Waals surface area contributed by atoms with Gasteiger partial charge in [0, 0.05) is 32.4 Å². The second kappa shape index (κ2) is 7.91. The fourth-order valence-electron chi connectivity index (χ4n) is 2.67. The molecule has 1 aromatic rings. The minimum atomic E-state index is -0.813. The molecule has 0 saturated carbocycles. The van der Waals surface area contributed by atoms with Crippen LogP contribution in [0.25, 0.3) is 0 Å². The second-order valence-electron chi connectivity index (χ2n) is 5.73. The minimum absolute atomic E-state index is 0.0132. The van der Waals surface area contributed by atoms with Crippen molar-refractivity contribution < 1.29 is 19.2 Å². The molecule has 0 aliphatic carbocycles. The van der Waals surface area contributed by atoms with Gasteiger partial charge in [-0.05, 0) is 25.7 Å². The van der Waals surface area contributed by atoms with Gasteiger partial charge >= 0.3 is 5.97 Å². The number of hydrogen-bond donors (Lipinski definition) is 1. The van der Waals surface area contributed by atoms with E-state index in [-0.39, 0.29) is 5.91 Å². The van der Waals surface area contributed by atoms with E-state index in [1.165, 1.54) is 0 Å². The number of hydrogen-bond acceptors (Lipinski definition) is 5. The number of likely N-dealkylation sites (tertiary alicyclic amines) is 1. The molecule has 1 amide bonds. The predicted molar refractivity (Wildman–Crippen MR) is 78.2 cm³/mol. The van der Waals surface area contributed by atoms with Crippen LogP contribution in [0.15, 0.2) is 4.52 Å². The Morgan fingerprint density at radius 2 is 2.23 bits per heavy atom. The van der Waals surface area contributed by atoms with Crippen LogP contribution in [0.4, 0.5) is 0 Å². The average Bonchev–Trinajstić information content (AvgIpc) is 2.95. The van der Waals surface area contributed by atoms with Gasteiger partial charge in [0.2, 0.25) is 11.8 Å². The molecular weight excluding hydrogens is 286 g/mol. The lowest BCUT2D eigenvalue weighted by Gasteiger charge is -2.30. The molecule has 122 valence electrons. The Bertz CT molecular complexity index is 515. The fourth-order valence-corrected chi connectivity index (χ4v) is 2.67. The van der Waals surface area contributed by atoms with Gasteiger partial charge in [0.1, 0.15) is 0 Å². The molecule has 1 aliphatic heterocycles. The molecule has 2 heterocycles.